The number of methoxy groups -OCH3 is 1. The maximum absolute atomic E-state index is 10.9. The molecule has 0 aliphatic heterocycles. The van der Waals surface area contributed by atoms with Gasteiger partial charge in [-0.05, 0) is 0 Å². The summed E-state index contributed by atoms with van der Waals surface area (Å²) in [6.45, 7) is 4.18. The molecule has 7 heteroatoms. The Labute approximate surface area is 99.0 Å². The van der Waals surface area contributed by atoms with Crippen molar-refractivity contribution >= 4 is 5.97 Å². The second kappa shape index (κ2) is 5.24. The van der Waals surface area contributed by atoms with Gasteiger partial charge in [0.25, 0.3) is 0 Å². The number of hydrogen-bond donors (Lipinski definition) is 2. The molecule has 0 atom stereocenters. The molecule has 0 bridgehead atoms. The van der Waals surface area contributed by atoms with Crippen LogP contribution in [0.4, 0.5) is 0 Å². The van der Waals surface area contributed by atoms with Crippen molar-refractivity contribution in [2.45, 2.75) is 27.0 Å². The first-order valence-corrected chi connectivity index (χ1v) is 5.16. The summed E-state index contributed by atoms with van der Waals surface area (Å²) in [5.41, 5.74) is -0.103. The van der Waals surface area contributed by atoms with Gasteiger partial charge >= 0.3 is 5.97 Å². The lowest BCUT2D eigenvalue weighted by Gasteiger charge is -2.21. The molecule has 0 saturated heterocycles. The van der Waals surface area contributed by atoms with Crippen molar-refractivity contribution in [3.63, 3.8) is 0 Å². The van der Waals surface area contributed by atoms with Gasteiger partial charge in [0, 0.05) is 19.1 Å². The lowest BCUT2D eigenvalue weighted by atomic mass is 9.95. The maximum atomic E-state index is 10.9. The van der Waals surface area contributed by atoms with Gasteiger partial charge in [0.15, 0.2) is 5.69 Å². The first kappa shape index (κ1) is 13.6. The molecule has 0 saturated carbocycles. The third-order valence-electron chi connectivity index (χ3n) is 2.33. The van der Waals surface area contributed by atoms with E-state index < -0.39 is 11.4 Å². The fraction of sp³-hybridized carbons (Fsp3) is 0.700. The summed E-state index contributed by atoms with van der Waals surface area (Å²) in [4.78, 5) is 10.9. The first-order valence-electron chi connectivity index (χ1n) is 5.16. The van der Waals surface area contributed by atoms with Gasteiger partial charge in [-0.3, -0.25) is 0 Å². The smallest absolute Gasteiger partial charge is 0.358 e. The zero-order valence-corrected chi connectivity index (χ0v) is 10.2. The summed E-state index contributed by atoms with van der Waals surface area (Å²) in [5, 5.41) is 25.5. The Balaban J connectivity index is 3.03. The molecule has 1 heterocycles. The van der Waals surface area contributed by atoms with Crippen LogP contribution in [0.2, 0.25) is 0 Å². The van der Waals surface area contributed by atoms with Gasteiger partial charge < -0.3 is 14.9 Å². The molecule has 1 aromatic rings. The van der Waals surface area contributed by atoms with E-state index >= 15 is 0 Å². The molecule has 0 unspecified atom stereocenters. The van der Waals surface area contributed by atoms with Crippen LogP contribution in [0.1, 0.15) is 30.0 Å². The summed E-state index contributed by atoms with van der Waals surface area (Å²) in [6, 6.07) is 0. The van der Waals surface area contributed by atoms with Crippen LogP contribution in [0.15, 0.2) is 0 Å². The van der Waals surface area contributed by atoms with Crippen LogP contribution >= 0.6 is 0 Å². The molecule has 2 N–H and O–H groups in total. The van der Waals surface area contributed by atoms with Gasteiger partial charge in [0.1, 0.15) is 0 Å². The molecule has 0 aromatic carbocycles. The van der Waals surface area contributed by atoms with E-state index in [1.807, 2.05) is 13.8 Å². The summed E-state index contributed by atoms with van der Waals surface area (Å²) in [7, 11) is 1.47. The standard InChI is InChI=1S/C10H17N3O4/c1-10(2,6-14)5-13-7(4-17-3)8(9(15)16)11-12-13/h14H,4-6H2,1-3H3,(H,15,16). The number of ether oxygens (including phenoxy) is 1. The number of hydrogen-bond acceptors (Lipinski definition) is 5. The number of nitrogens with zero attached hydrogens (tertiary/aromatic N) is 3. The van der Waals surface area contributed by atoms with E-state index in [0.717, 1.165) is 0 Å². The third-order valence-corrected chi connectivity index (χ3v) is 2.33. The lowest BCUT2D eigenvalue weighted by Crippen LogP contribution is -2.26. The fourth-order valence-corrected chi connectivity index (χ4v) is 1.36. The van der Waals surface area contributed by atoms with E-state index in [0.29, 0.717) is 12.2 Å². The lowest BCUT2D eigenvalue weighted by molar-refractivity contribution is 0.0684. The summed E-state index contributed by atoms with van der Waals surface area (Å²) in [5.74, 6) is -1.13. The van der Waals surface area contributed by atoms with E-state index in [1.54, 1.807) is 0 Å². The molecule has 17 heavy (non-hydrogen) atoms. The van der Waals surface area contributed by atoms with Gasteiger partial charge in [-0.15, -0.1) is 5.10 Å². The van der Waals surface area contributed by atoms with Crippen molar-refractivity contribution < 1.29 is 19.7 Å². The average Bonchev–Trinajstić information content (AvgIpc) is 2.62. The van der Waals surface area contributed by atoms with Crippen molar-refractivity contribution in [2.24, 2.45) is 5.41 Å². The summed E-state index contributed by atoms with van der Waals surface area (Å²) >= 11 is 0. The number of aromatic nitrogens is 3. The minimum Gasteiger partial charge on any atom is -0.476 e. The van der Waals surface area contributed by atoms with Crippen LogP contribution in [0.5, 0.6) is 0 Å². The van der Waals surface area contributed by atoms with E-state index in [4.69, 9.17) is 9.84 Å². The first-order chi connectivity index (χ1) is 7.91. The van der Waals surface area contributed by atoms with Crippen LogP contribution in [-0.2, 0) is 17.9 Å². The fourth-order valence-electron chi connectivity index (χ4n) is 1.36. The predicted octanol–water partition coefficient (Wildman–Crippen LogP) is 0.141. The number of carboxylic acid groups (broad SMARTS) is 1. The Morgan fingerprint density at radius 2 is 2.18 bits per heavy atom. The minimum absolute atomic E-state index is 0.0261. The second-order valence-corrected chi connectivity index (χ2v) is 4.60. The SMILES string of the molecule is COCc1c(C(=O)O)nnn1CC(C)(C)CO. The molecule has 0 fully saturated rings. The zero-order chi connectivity index (χ0) is 13.1. The van der Waals surface area contributed by atoms with Crippen LogP contribution < -0.4 is 0 Å². The molecule has 1 aromatic heterocycles. The van der Waals surface area contributed by atoms with Crippen molar-refractivity contribution in [1.29, 1.82) is 0 Å². The highest BCUT2D eigenvalue weighted by Crippen LogP contribution is 2.18. The van der Waals surface area contributed by atoms with E-state index in [2.05, 4.69) is 10.3 Å². The average molecular weight is 243 g/mol. The monoisotopic (exact) mass is 243 g/mol. The Bertz CT molecular complexity index is 400. The maximum Gasteiger partial charge on any atom is 0.358 e. The largest absolute Gasteiger partial charge is 0.476 e. The number of aliphatic hydroxyl groups excluding tert-OH is 1. The highest BCUT2D eigenvalue weighted by atomic mass is 16.5. The number of aromatic carboxylic acids is 1. The molecule has 96 valence electrons. The highest BCUT2D eigenvalue weighted by molar-refractivity contribution is 5.86. The van der Waals surface area contributed by atoms with E-state index in [-0.39, 0.29) is 18.9 Å². The normalized spacial score (nSPS) is 11.8. The quantitative estimate of drug-likeness (QED) is 0.737. The second-order valence-electron chi connectivity index (χ2n) is 4.60. The van der Waals surface area contributed by atoms with Crippen LogP contribution in [-0.4, -0.2) is 44.9 Å². The van der Waals surface area contributed by atoms with Crippen LogP contribution in [0.3, 0.4) is 0 Å². The number of aliphatic hydroxyl groups is 1. The highest BCUT2D eigenvalue weighted by Gasteiger charge is 2.24. The molecule has 7 nitrogen and oxygen atoms in total. The van der Waals surface area contributed by atoms with E-state index in [9.17, 15) is 9.90 Å². The van der Waals surface area contributed by atoms with Gasteiger partial charge in [-0.25, -0.2) is 9.48 Å². The Morgan fingerprint density at radius 1 is 1.53 bits per heavy atom. The predicted molar refractivity (Wildman–Crippen MR) is 58.6 cm³/mol. The summed E-state index contributed by atoms with van der Waals surface area (Å²) in [6.07, 6.45) is 0. The van der Waals surface area contributed by atoms with Gasteiger partial charge in [0.2, 0.25) is 0 Å². The zero-order valence-electron chi connectivity index (χ0n) is 10.2. The number of carboxylic acids is 1. The summed E-state index contributed by atoms with van der Waals surface area (Å²) < 4.78 is 6.40. The Kier molecular flexibility index (Phi) is 4.19. The van der Waals surface area contributed by atoms with Crippen molar-refractivity contribution in [3.8, 4) is 0 Å². The Hall–Kier alpha value is -1.47. The van der Waals surface area contributed by atoms with Gasteiger partial charge in [0.05, 0.1) is 18.8 Å². The molecule has 1 rings (SSSR count). The van der Waals surface area contributed by atoms with Crippen molar-refractivity contribution in [2.75, 3.05) is 13.7 Å². The molecule has 0 spiro atoms. The third kappa shape index (κ3) is 3.24. The molecular weight excluding hydrogens is 226 g/mol. The molecule has 0 amide bonds. The Morgan fingerprint density at radius 3 is 2.65 bits per heavy atom. The molecule has 0 radical (unpaired) electrons. The number of carbonyl (C=O) groups is 1. The molecule has 0 aliphatic carbocycles. The van der Waals surface area contributed by atoms with Crippen molar-refractivity contribution in [1.82, 2.24) is 15.0 Å². The van der Waals surface area contributed by atoms with Crippen molar-refractivity contribution in [3.05, 3.63) is 11.4 Å². The molecular formula is C10H17N3O4. The number of rotatable bonds is 6. The molecule has 0 aliphatic rings. The minimum atomic E-state index is -1.13. The topological polar surface area (TPSA) is 97.5 Å². The van der Waals surface area contributed by atoms with Crippen LogP contribution in [0.25, 0.3) is 0 Å². The van der Waals surface area contributed by atoms with Gasteiger partial charge in [-0.1, -0.05) is 19.1 Å². The van der Waals surface area contributed by atoms with Crippen LogP contribution in [0, 0.1) is 5.41 Å². The van der Waals surface area contributed by atoms with Gasteiger partial charge in [-0.2, -0.15) is 0 Å². The van der Waals surface area contributed by atoms with E-state index in [1.165, 1.54) is 11.8 Å².